The molecule has 2 atom stereocenters. The average Bonchev–Trinajstić information content (AvgIpc) is 2.72. The van der Waals surface area contributed by atoms with Crippen molar-refractivity contribution in [3.63, 3.8) is 0 Å². The molecule has 30 heavy (non-hydrogen) atoms. The fourth-order valence-electron chi connectivity index (χ4n) is 4.90. The molecule has 2 unspecified atom stereocenters. The third-order valence-electron chi connectivity index (χ3n) is 6.70. The Kier molecular flexibility index (Phi) is 4.66. The molecule has 150 valence electrons. The molecule has 1 saturated carbocycles. The first kappa shape index (κ1) is 19.0. The molecule has 0 amide bonds. The van der Waals surface area contributed by atoms with Gasteiger partial charge in [0.25, 0.3) is 0 Å². The Hall–Kier alpha value is -3.00. The van der Waals surface area contributed by atoms with Crippen LogP contribution >= 0.6 is 0 Å². The molecule has 2 nitrogen and oxygen atoms in total. The van der Waals surface area contributed by atoms with E-state index < -0.39 is 0 Å². The van der Waals surface area contributed by atoms with E-state index in [-0.39, 0.29) is 0 Å². The molecule has 0 spiro atoms. The van der Waals surface area contributed by atoms with Crippen molar-refractivity contribution in [2.75, 3.05) is 0 Å². The Morgan fingerprint density at radius 2 is 1.60 bits per heavy atom. The Morgan fingerprint density at radius 1 is 0.833 bits per heavy atom. The molecule has 2 heterocycles. The van der Waals surface area contributed by atoms with Crippen molar-refractivity contribution in [3.8, 4) is 22.4 Å². The predicted octanol–water partition coefficient (Wildman–Crippen LogP) is 7.50. The van der Waals surface area contributed by atoms with Crippen LogP contribution in [0.4, 0.5) is 0 Å². The van der Waals surface area contributed by atoms with E-state index in [1.165, 1.54) is 29.5 Å². The molecule has 0 saturated heterocycles. The lowest BCUT2D eigenvalue weighted by atomic mass is 9.59. The minimum Gasteiger partial charge on any atom is -0.264 e. The van der Waals surface area contributed by atoms with E-state index >= 15 is 0 Å². The van der Waals surface area contributed by atoms with Gasteiger partial charge in [0.2, 0.25) is 0 Å². The molecule has 0 aliphatic heterocycles. The number of fused-ring (bicyclic) bond motifs is 1. The van der Waals surface area contributed by atoms with E-state index in [0.717, 1.165) is 28.1 Å². The van der Waals surface area contributed by atoms with Crippen molar-refractivity contribution in [1.82, 2.24) is 9.97 Å². The van der Waals surface area contributed by atoms with Crippen LogP contribution in [0.1, 0.15) is 45.1 Å². The summed E-state index contributed by atoms with van der Waals surface area (Å²) >= 11 is 0. The van der Waals surface area contributed by atoms with Crippen LogP contribution in [-0.2, 0) is 0 Å². The molecule has 4 aromatic rings. The summed E-state index contributed by atoms with van der Waals surface area (Å²) in [5.41, 5.74) is 7.36. The monoisotopic (exact) mass is 392 g/mol. The van der Waals surface area contributed by atoms with Gasteiger partial charge in [-0.1, -0.05) is 75.4 Å². The highest BCUT2D eigenvalue weighted by molar-refractivity contribution is 5.91. The van der Waals surface area contributed by atoms with Crippen LogP contribution in [0.5, 0.6) is 0 Å². The lowest BCUT2D eigenvalue weighted by molar-refractivity contribution is 0.106. The Balaban J connectivity index is 1.57. The highest BCUT2D eigenvalue weighted by atomic mass is 14.7. The fraction of sp³-hybridized carbons (Fsp3) is 0.286. The van der Waals surface area contributed by atoms with Gasteiger partial charge in [0.15, 0.2) is 0 Å². The zero-order valence-electron chi connectivity index (χ0n) is 18.0. The smallest absolute Gasteiger partial charge is 0.0788 e. The van der Waals surface area contributed by atoms with Crippen LogP contribution in [0.15, 0.2) is 79.1 Å². The van der Waals surface area contributed by atoms with Crippen LogP contribution in [0.2, 0.25) is 0 Å². The number of hydrogen-bond acceptors (Lipinski definition) is 2. The second-order valence-electron chi connectivity index (χ2n) is 9.60. The standard InChI is InChI=1S/C28H28N2/c1-28(2,3)25-14-13-23(25)20-9-11-21(12-10-20)27-24(19-7-5-4-6-8-19)17-22-18-29-16-15-26(22)30-27/h4-12,15-18,23,25H,13-14H2,1-3H3. The van der Waals surface area contributed by atoms with Crippen molar-refractivity contribution in [2.45, 2.75) is 39.5 Å². The molecular weight excluding hydrogens is 364 g/mol. The summed E-state index contributed by atoms with van der Waals surface area (Å²) in [5.74, 6) is 1.46. The van der Waals surface area contributed by atoms with E-state index in [1.807, 2.05) is 18.5 Å². The maximum absolute atomic E-state index is 5.04. The first-order valence-corrected chi connectivity index (χ1v) is 10.9. The van der Waals surface area contributed by atoms with Crippen LogP contribution in [0, 0.1) is 11.3 Å². The summed E-state index contributed by atoms with van der Waals surface area (Å²) in [6.45, 7) is 7.12. The largest absolute Gasteiger partial charge is 0.264 e. The van der Waals surface area contributed by atoms with E-state index in [0.29, 0.717) is 11.3 Å². The quantitative estimate of drug-likeness (QED) is 0.361. The first-order valence-electron chi connectivity index (χ1n) is 10.9. The lowest BCUT2D eigenvalue weighted by Crippen LogP contribution is -2.34. The molecule has 0 N–H and O–H groups in total. The third kappa shape index (κ3) is 3.41. The molecule has 1 aliphatic carbocycles. The van der Waals surface area contributed by atoms with Crippen LogP contribution in [0.25, 0.3) is 33.3 Å². The van der Waals surface area contributed by atoms with E-state index in [1.54, 1.807) is 0 Å². The van der Waals surface area contributed by atoms with Crippen LogP contribution < -0.4 is 0 Å². The molecule has 1 fully saturated rings. The fourth-order valence-corrected chi connectivity index (χ4v) is 4.90. The van der Waals surface area contributed by atoms with Crippen LogP contribution in [-0.4, -0.2) is 9.97 Å². The van der Waals surface area contributed by atoms with Gasteiger partial charge in [-0.15, -0.1) is 0 Å². The van der Waals surface area contributed by atoms with Gasteiger partial charge in [-0.2, -0.15) is 0 Å². The molecule has 1 aliphatic rings. The normalized spacial score (nSPS) is 18.9. The van der Waals surface area contributed by atoms with Crippen LogP contribution in [0.3, 0.4) is 0 Å². The minimum atomic E-state index is 0.371. The summed E-state index contributed by atoms with van der Waals surface area (Å²) in [7, 11) is 0. The van der Waals surface area contributed by atoms with Gasteiger partial charge in [-0.3, -0.25) is 4.98 Å². The van der Waals surface area contributed by atoms with Gasteiger partial charge in [-0.25, -0.2) is 4.98 Å². The molecule has 2 heteroatoms. The number of pyridine rings is 2. The summed E-state index contributed by atoms with van der Waals surface area (Å²) in [6, 6.07) is 23.9. The molecule has 0 radical (unpaired) electrons. The molecule has 0 bridgehead atoms. The van der Waals surface area contributed by atoms with Crippen molar-refractivity contribution in [2.24, 2.45) is 11.3 Å². The Labute approximate surface area is 179 Å². The summed E-state index contributed by atoms with van der Waals surface area (Å²) in [4.78, 5) is 9.33. The maximum Gasteiger partial charge on any atom is 0.0788 e. The minimum absolute atomic E-state index is 0.371. The number of nitrogens with zero attached hydrogens (tertiary/aromatic N) is 2. The van der Waals surface area contributed by atoms with Crippen molar-refractivity contribution >= 4 is 10.9 Å². The lowest BCUT2D eigenvalue weighted by Gasteiger charge is -2.45. The second-order valence-corrected chi connectivity index (χ2v) is 9.60. The van der Waals surface area contributed by atoms with E-state index in [4.69, 9.17) is 4.98 Å². The Morgan fingerprint density at radius 3 is 2.27 bits per heavy atom. The number of hydrogen-bond donors (Lipinski definition) is 0. The Bertz CT molecular complexity index is 1170. The summed E-state index contributed by atoms with van der Waals surface area (Å²) in [6.07, 6.45) is 6.35. The molecule has 5 rings (SSSR count). The number of aromatic nitrogens is 2. The second kappa shape index (κ2) is 7.36. The van der Waals surface area contributed by atoms with Crippen molar-refractivity contribution in [1.29, 1.82) is 0 Å². The predicted molar refractivity (Wildman–Crippen MR) is 125 cm³/mol. The van der Waals surface area contributed by atoms with Crippen molar-refractivity contribution < 1.29 is 0 Å². The highest BCUT2D eigenvalue weighted by Crippen LogP contribution is 2.51. The van der Waals surface area contributed by atoms with Gasteiger partial charge in [0.1, 0.15) is 0 Å². The molecule has 2 aromatic heterocycles. The van der Waals surface area contributed by atoms with Gasteiger partial charge in [0.05, 0.1) is 11.2 Å². The van der Waals surface area contributed by atoms with Crippen molar-refractivity contribution in [3.05, 3.63) is 84.7 Å². The zero-order valence-corrected chi connectivity index (χ0v) is 18.0. The summed E-state index contributed by atoms with van der Waals surface area (Å²) in [5, 5.41) is 1.07. The first-order chi connectivity index (χ1) is 14.5. The molecular formula is C28H28N2. The van der Waals surface area contributed by atoms with Gasteiger partial charge in [0, 0.05) is 28.9 Å². The topological polar surface area (TPSA) is 25.8 Å². The number of rotatable bonds is 3. The number of benzene rings is 2. The third-order valence-corrected chi connectivity index (χ3v) is 6.70. The van der Waals surface area contributed by atoms with E-state index in [9.17, 15) is 0 Å². The zero-order chi connectivity index (χ0) is 20.7. The SMILES string of the molecule is CC(C)(C)C1CCC1c1ccc(-c2nc3ccncc3cc2-c2ccccc2)cc1. The van der Waals surface area contributed by atoms with Gasteiger partial charge >= 0.3 is 0 Å². The molecule has 2 aromatic carbocycles. The highest BCUT2D eigenvalue weighted by Gasteiger charge is 2.39. The van der Waals surface area contributed by atoms with Gasteiger partial charge in [-0.05, 0) is 53.4 Å². The van der Waals surface area contributed by atoms with E-state index in [2.05, 4.69) is 86.4 Å². The average molecular weight is 393 g/mol. The summed E-state index contributed by atoms with van der Waals surface area (Å²) < 4.78 is 0. The van der Waals surface area contributed by atoms with Gasteiger partial charge < -0.3 is 0 Å². The maximum atomic E-state index is 5.04.